The second-order valence-corrected chi connectivity index (χ2v) is 3.92. The van der Waals surface area contributed by atoms with Crippen molar-refractivity contribution in [2.24, 2.45) is 11.5 Å². The van der Waals surface area contributed by atoms with Gasteiger partial charge in [0, 0.05) is 31.9 Å². The number of hydrogen-bond acceptors (Lipinski definition) is 5. The Kier molecular flexibility index (Phi) is 3.71. The first kappa shape index (κ1) is 11.3. The van der Waals surface area contributed by atoms with Crippen LogP contribution in [-0.2, 0) is 4.74 Å². The molecular weight excluding hydrogens is 204 g/mol. The van der Waals surface area contributed by atoms with Crippen molar-refractivity contribution in [1.29, 1.82) is 0 Å². The Hall–Kier alpha value is -1.17. The van der Waals surface area contributed by atoms with E-state index < -0.39 is 0 Å². The smallest absolute Gasteiger partial charge is 0.0642 e. The summed E-state index contributed by atoms with van der Waals surface area (Å²) in [5.74, 6) is 0. The lowest BCUT2D eigenvalue weighted by Gasteiger charge is -2.29. The molecule has 5 heteroatoms. The molecule has 1 aromatic heterocycles. The Labute approximate surface area is 95.4 Å². The number of hydrogen-bond donors (Lipinski definition) is 2. The van der Waals surface area contributed by atoms with Crippen molar-refractivity contribution in [1.82, 2.24) is 4.98 Å². The highest BCUT2D eigenvalue weighted by molar-refractivity contribution is 5.47. The average Bonchev–Trinajstić information content (AvgIpc) is 2.39. The molecule has 1 atom stereocenters. The first-order valence-corrected chi connectivity index (χ1v) is 5.54. The number of pyridine rings is 1. The molecule has 0 bridgehead atoms. The predicted molar refractivity (Wildman–Crippen MR) is 63.3 cm³/mol. The van der Waals surface area contributed by atoms with Gasteiger partial charge in [0.2, 0.25) is 0 Å². The summed E-state index contributed by atoms with van der Waals surface area (Å²) in [6.07, 6.45) is 3.64. The van der Waals surface area contributed by atoms with Crippen LogP contribution in [0, 0.1) is 0 Å². The van der Waals surface area contributed by atoms with Gasteiger partial charge in [0.25, 0.3) is 0 Å². The molecule has 1 fully saturated rings. The number of nitrogens with two attached hydrogens (primary N) is 2. The lowest BCUT2D eigenvalue weighted by molar-refractivity contribution is 0.122. The van der Waals surface area contributed by atoms with Gasteiger partial charge >= 0.3 is 0 Å². The molecule has 0 amide bonds. The maximum absolute atomic E-state index is 5.88. The molecule has 0 saturated carbocycles. The van der Waals surface area contributed by atoms with Gasteiger partial charge in [0.05, 0.1) is 25.1 Å². The second-order valence-electron chi connectivity index (χ2n) is 3.92. The first-order chi connectivity index (χ1) is 7.81. The summed E-state index contributed by atoms with van der Waals surface area (Å²) < 4.78 is 5.31. The van der Waals surface area contributed by atoms with Gasteiger partial charge in [-0.15, -0.1) is 0 Å². The number of ether oxygens (including phenoxy) is 1. The van der Waals surface area contributed by atoms with Crippen LogP contribution < -0.4 is 16.4 Å². The Balaban J connectivity index is 2.14. The molecule has 1 aliphatic heterocycles. The molecule has 1 aliphatic rings. The average molecular weight is 222 g/mol. The maximum Gasteiger partial charge on any atom is 0.0642 e. The zero-order valence-corrected chi connectivity index (χ0v) is 9.30. The summed E-state index contributed by atoms with van der Waals surface area (Å²) in [6, 6.07) is 1.93. The number of aromatic nitrogens is 1. The van der Waals surface area contributed by atoms with Crippen molar-refractivity contribution in [2.45, 2.75) is 6.04 Å². The molecule has 1 saturated heterocycles. The van der Waals surface area contributed by atoms with Gasteiger partial charge in [0.15, 0.2) is 0 Å². The van der Waals surface area contributed by atoms with Crippen LogP contribution in [0.5, 0.6) is 0 Å². The lowest BCUT2D eigenvalue weighted by atomic mass is 10.1. The third-order valence-corrected chi connectivity index (χ3v) is 2.80. The van der Waals surface area contributed by atoms with E-state index in [0.29, 0.717) is 6.54 Å². The van der Waals surface area contributed by atoms with Gasteiger partial charge in [-0.2, -0.15) is 0 Å². The Bertz CT molecular complexity index is 339. The minimum Gasteiger partial charge on any atom is -0.378 e. The standard InChI is InChI=1S/C11H18N4O/c12-6-11(13)9-5-10(8-14-7-9)15-1-3-16-4-2-15/h5,7-8,11H,1-4,6,12-13H2. The Morgan fingerprint density at radius 2 is 2.12 bits per heavy atom. The SMILES string of the molecule is NCC(N)c1cncc(N2CCOCC2)c1. The van der Waals surface area contributed by atoms with Crippen molar-refractivity contribution in [2.75, 3.05) is 37.7 Å². The van der Waals surface area contributed by atoms with Crippen LogP contribution in [0.15, 0.2) is 18.5 Å². The van der Waals surface area contributed by atoms with E-state index in [-0.39, 0.29) is 6.04 Å². The van der Waals surface area contributed by atoms with E-state index >= 15 is 0 Å². The van der Waals surface area contributed by atoms with Gasteiger partial charge in [0.1, 0.15) is 0 Å². The molecule has 2 rings (SSSR count). The zero-order chi connectivity index (χ0) is 11.4. The number of rotatable bonds is 3. The van der Waals surface area contributed by atoms with Gasteiger partial charge in [-0.05, 0) is 11.6 Å². The normalized spacial score (nSPS) is 18.5. The van der Waals surface area contributed by atoms with E-state index in [9.17, 15) is 0 Å². The van der Waals surface area contributed by atoms with Crippen LogP contribution in [0.2, 0.25) is 0 Å². The topological polar surface area (TPSA) is 77.4 Å². The summed E-state index contributed by atoms with van der Waals surface area (Å²) in [6.45, 7) is 3.79. The summed E-state index contributed by atoms with van der Waals surface area (Å²) in [4.78, 5) is 6.46. The van der Waals surface area contributed by atoms with Crippen molar-refractivity contribution in [3.05, 3.63) is 24.0 Å². The third-order valence-electron chi connectivity index (χ3n) is 2.80. The highest BCUT2D eigenvalue weighted by Crippen LogP contribution is 2.18. The molecule has 1 aromatic rings. The van der Waals surface area contributed by atoms with Crippen molar-refractivity contribution in [3.8, 4) is 0 Å². The van der Waals surface area contributed by atoms with Crippen molar-refractivity contribution < 1.29 is 4.74 Å². The van der Waals surface area contributed by atoms with Gasteiger partial charge in [-0.3, -0.25) is 4.98 Å². The van der Waals surface area contributed by atoms with Gasteiger partial charge in [-0.1, -0.05) is 0 Å². The molecule has 88 valence electrons. The van der Waals surface area contributed by atoms with Crippen LogP contribution in [0.25, 0.3) is 0 Å². The van der Waals surface area contributed by atoms with Crippen LogP contribution in [0.4, 0.5) is 5.69 Å². The predicted octanol–water partition coefficient (Wildman–Crippen LogP) is -0.123. The van der Waals surface area contributed by atoms with E-state index in [1.807, 2.05) is 6.20 Å². The van der Waals surface area contributed by atoms with Gasteiger partial charge < -0.3 is 21.1 Å². The highest BCUT2D eigenvalue weighted by Gasteiger charge is 2.13. The van der Waals surface area contributed by atoms with Crippen molar-refractivity contribution in [3.63, 3.8) is 0 Å². The summed E-state index contributed by atoms with van der Waals surface area (Å²) >= 11 is 0. The number of morpholine rings is 1. The van der Waals surface area contributed by atoms with Gasteiger partial charge in [-0.25, -0.2) is 0 Å². The minimum absolute atomic E-state index is 0.131. The fourth-order valence-electron chi connectivity index (χ4n) is 1.78. The largest absolute Gasteiger partial charge is 0.378 e. The van der Waals surface area contributed by atoms with E-state index in [2.05, 4.69) is 16.0 Å². The van der Waals surface area contributed by atoms with Crippen LogP contribution in [0.1, 0.15) is 11.6 Å². The van der Waals surface area contributed by atoms with E-state index in [1.165, 1.54) is 0 Å². The number of anilines is 1. The molecule has 2 heterocycles. The molecule has 0 aromatic carbocycles. The molecule has 4 N–H and O–H groups in total. The first-order valence-electron chi connectivity index (χ1n) is 5.54. The molecule has 1 unspecified atom stereocenters. The molecule has 5 nitrogen and oxygen atoms in total. The van der Waals surface area contributed by atoms with Crippen LogP contribution in [-0.4, -0.2) is 37.8 Å². The Morgan fingerprint density at radius 1 is 1.38 bits per heavy atom. The third kappa shape index (κ3) is 2.49. The Morgan fingerprint density at radius 3 is 2.81 bits per heavy atom. The number of nitrogens with zero attached hydrogens (tertiary/aromatic N) is 2. The molecule has 0 spiro atoms. The summed E-state index contributed by atoms with van der Waals surface area (Å²) in [5, 5.41) is 0. The maximum atomic E-state index is 5.88. The highest BCUT2D eigenvalue weighted by atomic mass is 16.5. The zero-order valence-electron chi connectivity index (χ0n) is 9.30. The fourth-order valence-corrected chi connectivity index (χ4v) is 1.78. The second kappa shape index (κ2) is 5.25. The quantitative estimate of drug-likeness (QED) is 0.745. The van der Waals surface area contributed by atoms with E-state index in [0.717, 1.165) is 37.6 Å². The fraction of sp³-hybridized carbons (Fsp3) is 0.545. The minimum atomic E-state index is -0.131. The van der Waals surface area contributed by atoms with E-state index in [4.69, 9.17) is 16.2 Å². The molecule has 16 heavy (non-hydrogen) atoms. The van der Waals surface area contributed by atoms with Crippen LogP contribution >= 0.6 is 0 Å². The monoisotopic (exact) mass is 222 g/mol. The molecule has 0 aliphatic carbocycles. The molecule has 0 radical (unpaired) electrons. The lowest BCUT2D eigenvalue weighted by Crippen LogP contribution is -2.36. The van der Waals surface area contributed by atoms with Crippen LogP contribution in [0.3, 0.4) is 0 Å². The summed E-state index contributed by atoms with van der Waals surface area (Å²) in [5.41, 5.74) is 13.5. The summed E-state index contributed by atoms with van der Waals surface area (Å²) in [7, 11) is 0. The molecular formula is C11H18N4O. The van der Waals surface area contributed by atoms with Crippen molar-refractivity contribution >= 4 is 5.69 Å². The van der Waals surface area contributed by atoms with E-state index in [1.54, 1.807) is 6.20 Å².